The number of esters is 1. The minimum absolute atomic E-state index is 0.0874. The summed E-state index contributed by atoms with van der Waals surface area (Å²) in [6.45, 7) is 18.4. The smallest absolute Gasteiger partial charge is 0.314 e. The predicted molar refractivity (Wildman–Crippen MR) is 206 cm³/mol. The monoisotopic (exact) mass is 679 g/mol. The number of hydrogen-bond donors (Lipinski definition) is 1. The summed E-state index contributed by atoms with van der Waals surface area (Å²) in [5.41, 5.74) is 4.72. The molecule has 6 heteroatoms. The van der Waals surface area contributed by atoms with E-state index in [1.807, 2.05) is 32.9 Å². The number of allylic oxidation sites excluding steroid dienone is 1. The van der Waals surface area contributed by atoms with Gasteiger partial charge in [0.15, 0.2) is 0 Å². The zero-order chi connectivity index (χ0) is 35.7. The van der Waals surface area contributed by atoms with Crippen molar-refractivity contribution in [3.63, 3.8) is 0 Å². The van der Waals surface area contributed by atoms with Crippen LogP contribution in [0.25, 0.3) is 0 Å². The summed E-state index contributed by atoms with van der Waals surface area (Å²) in [6.07, 6.45) is 19.1. The van der Waals surface area contributed by atoms with E-state index in [2.05, 4.69) is 88.4 Å². The lowest BCUT2D eigenvalue weighted by Gasteiger charge is -2.46. The van der Waals surface area contributed by atoms with Crippen molar-refractivity contribution in [3.8, 4) is 0 Å². The molecule has 0 spiro atoms. The minimum Gasteiger partial charge on any atom is -0.460 e. The van der Waals surface area contributed by atoms with Gasteiger partial charge in [-0.2, -0.15) is 0 Å². The second-order valence-electron chi connectivity index (χ2n) is 16.1. The van der Waals surface area contributed by atoms with Crippen LogP contribution < -0.4 is 16.1 Å². The molecule has 0 fully saturated rings. The first kappa shape index (κ1) is 41.9. The fourth-order valence-electron chi connectivity index (χ4n) is 6.29. The Bertz CT molecular complexity index is 1140. The third-order valence-corrected chi connectivity index (χ3v) is 13.8. The largest absolute Gasteiger partial charge is 0.460 e. The summed E-state index contributed by atoms with van der Waals surface area (Å²) in [5.74, 6) is -1.05. The van der Waals surface area contributed by atoms with Crippen molar-refractivity contribution in [3.05, 3.63) is 72.8 Å². The number of rotatable bonds is 22. The molecule has 270 valence electrons. The van der Waals surface area contributed by atoms with Crippen molar-refractivity contribution in [1.29, 1.82) is 0 Å². The van der Waals surface area contributed by atoms with Crippen molar-refractivity contribution in [2.75, 3.05) is 6.61 Å². The van der Waals surface area contributed by atoms with E-state index in [0.717, 1.165) is 23.2 Å². The Labute approximate surface area is 295 Å². The van der Waals surface area contributed by atoms with Crippen LogP contribution in [0.15, 0.2) is 72.8 Å². The van der Waals surface area contributed by atoms with Crippen LogP contribution in [0.4, 0.5) is 0 Å². The van der Waals surface area contributed by atoms with Gasteiger partial charge in [0.1, 0.15) is 17.2 Å². The molecule has 0 aliphatic heterocycles. The lowest BCUT2D eigenvalue weighted by atomic mass is 10.0. The molecule has 0 saturated heterocycles. The summed E-state index contributed by atoms with van der Waals surface area (Å²) in [7, 11) is -3.01. The fraction of sp³-hybridized carbons (Fsp3) is 0.643. The zero-order valence-corrected chi connectivity index (χ0v) is 33.0. The molecule has 2 aromatic carbocycles. The molecule has 0 amide bonds. The molecule has 5 nitrogen and oxygen atoms in total. The van der Waals surface area contributed by atoms with E-state index in [4.69, 9.17) is 19.6 Å². The predicted octanol–water partition coefficient (Wildman–Crippen LogP) is 9.86. The van der Waals surface area contributed by atoms with E-state index in [0.29, 0.717) is 0 Å². The van der Waals surface area contributed by atoms with Gasteiger partial charge in [0.05, 0.1) is 12.7 Å². The topological polar surface area (TPSA) is 70.8 Å². The third kappa shape index (κ3) is 14.7. The van der Waals surface area contributed by atoms with Crippen LogP contribution in [-0.2, 0) is 18.7 Å². The van der Waals surface area contributed by atoms with Gasteiger partial charge < -0.3 is 19.6 Å². The number of ether oxygens (including phenoxy) is 2. The average molecular weight is 680 g/mol. The molecule has 0 aliphatic rings. The van der Waals surface area contributed by atoms with Gasteiger partial charge in [0.2, 0.25) is 0 Å². The van der Waals surface area contributed by atoms with Crippen molar-refractivity contribution in [2.45, 2.75) is 162 Å². The van der Waals surface area contributed by atoms with Gasteiger partial charge in [-0.25, -0.2) is 0 Å². The van der Waals surface area contributed by atoms with Crippen LogP contribution in [0.1, 0.15) is 139 Å². The Morgan fingerprint density at radius 1 is 0.729 bits per heavy atom. The molecule has 0 aromatic heterocycles. The van der Waals surface area contributed by atoms with E-state index in [1.165, 1.54) is 64.2 Å². The molecule has 0 bridgehead atoms. The van der Waals surface area contributed by atoms with Crippen molar-refractivity contribution in [2.24, 2.45) is 11.7 Å². The van der Waals surface area contributed by atoms with Crippen LogP contribution in [0, 0.1) is 5.92 Å². The molecule has 0 saturated carbocycles. The Hall–Kier alpha value is -2.25. The number of unbranched alkanes of at least 4 members (excludes halogenated alkanes) is 11. The highest BCUT2D eigenvalue weighted by Gasteiger charge is 2.52. The molecule has 2 aromatic rings. The Balaban J connectivity index is 2.40. The molecule has 0 heterocycles. The van der Waals surface area contributed by atoms with Gasteiger partial charge in [-0.05, 0) is 62.9 Å². The highest BCUT2D eigenvalue weighted by Crippen LogP contribution is 2.39. The standard InChI is InChI=1S/C42H69NO4Si/c1-10-11-12-13-14-15-16-17-18-19-20-21-28-33-38(37(34-45-42(8,9)43)39(44)46-40(2,3)4)47-48(41(5,6)7,35-29-24-22-25-30-35)36-31-26-23-27-32-36/h22-33,37-38H,10-21,34,43H2,1-9H3/b33-28+/t37?,38-/m1/s1. The molecular formula is C42H69NO4Si. The zero-order valence-electron chi connectivity index (χ0n) is 32.0. The molecule has 48 heavy (non-hydrogen) atoms. The highest BCUT2D eigenvalue weighted by molar-refractivity contribution is 6.99. The Morgan fingerprint density at radius 3 is 1.60 bits per heavy atom. The van der Waals surface area contributed by atoms with Gasteiger partial charge in [-0.15, -0.1) is 0 Å². The number of carbonyl (C=O) groups is 1. The van der Waals surface area contributed by atoms with Gasteiger partial charge in [0.25, 0.3) is 8.32 Å². The maximum Gasteiger partial charge on any atom is 0.314 e. The second kappa shape index (κ2) is 20.4. The van der Waals surface area contributed by atoms with Crippen molar-refractivity contribution >= 4 is 24.7 Å². The maximum atomic E-state index is 14.0. The first-order valence-corrected chi connectivity index (χ1v) is 20.6. The molecule has 2 atom stereocenters. The van der Waals surface area contributed by atoms with Gasteiger partial charge in [-0.1, -0.05) is 165 Å². The number of benzene rings is 2. The van der Waals surface area contributed by atoms with Crippen LogP contribution in [0.2, 0.25) is 5.04 Å². The number of hydrogen-bond acceptors (Lipinski definition) is 5. The summed E-state index contributed by atoms with van der Waals surface area (Å²) >= 11 is 0. The maximum absolute atomic E-state index is 14.0. The SMILES string of the molecule is CCCCCCCCCCCCC/C=C/[C@@H](O[Si](c1ccccc1)(c1ccccc1)C(C)(C)C)C(COC(C)(C)N)C(=O)OC(C)(C)C. The first-order valence-electron chi connectivity index (χ1n) is 18.7. The molecule has 2 N–H and O–H groups in total. The Morgan fingerprint density at radius 2 is 1.19 bits per heavy atom. The third-order valence-electron chi connectivity index (χ3n) is 8.77. The van der Waals surface area contributed by atoms with Crippen molar-refractivity contribution < 1.29 is 18.7 Å². The lowest BCUT2D eigenvalue weighted by molar-refractivity contribution is -0.167. The van der Waals surface area contributed by atoms with E-state index in [-0.39, 0.29) is 17.6 Å². The van der Waals surface area contributed by atoms with Crippen molar-refractivity contribution in [1.82, 2.24) is 0 Å². The first-order chi connectivity index (χ1) is 22.6. The van der Waals surface area contributed by atoms with Crippen LogP contribution in [-0.4, -0.2) is 38.3 Å². The normalized spacial score (nSPS) is 14.3. The molecule has 0 aliphatic carbocycles. The Kier molecular flexibility index (Phi) is 17.8. The average Bonchev–Trinajstić information content (AvgIpc) is 3.00. The lowest BCUT2D eigenvalue weighted by Crippen LogP contribution is -2.68. The van der Waals surface area contributed by atoms with E-state index in [9.17, 15) is 4.79 Å². The van der Waals surface area contributed by atoms with Crippen LogP contribution in [0.5, 0.6) is 0 Å². The fourth-order valence-corrected chi connectivity index (χ4v) is 11.0. The summed E-state index contributed by atoms with van der Waals surface area (Å²) in [6, 6.07) is 21.1. The summed E-state index contributed by atoms with van der Waals surface area (Å²) in [5, 5.41) is 2.07. The molecular weight excluding hydrogens is 611 g/mol. The molecule has 1 unspecified atom stereocenters. The van der Waals surface area contributed by atoms with E-state index in [1.54, 1.807) is 13.8 Å². The summed E-state index contributed by atoms with van der Waals surface area (Å²) < 4.78 is 19.7. The van der Waals surface area contributed by atoms with Crippen LogP contribution >= 0.6 is 0 Å². The molecule has 2 rings (SSSR count). The summed E-state index contributed by atoms with van der Waals surface area (Å²) in [4.78, 5) is 14.0. The van der Waals surface area contributed by atoms with Gasteiger partial charge in [0, 0.05) is 0 Å². The number of nitrogens with two attached hydrogens (primary N) is 1. The van der Waals surface area contributed by atoms with Gasteiger partial charge in [-0.3, -0.25) is 4.79 Å². The van der Waals surface area contributed by atoms with Crippen LogP contribution in [0.3, 0.4) is 0 Å². The second-order valence-corrected chi connectivity index (χ2v) is 20.3. The highest BCUT2D eigenvalue weighted by atomic mass is 28.4. The minimum atomic E-state index is -3.01. The van der Waals surface area contributed by atoms with Gasteiger partial charge >= 0.3 is 5.97 Å². The number of carbonyl (C=O) groups excluding carboxylic acids is 1. The molecule has 0 radical (unpaired) electrons. The van der Waals surface area contributed by atoms with E-state index >= 15 is 0 Å². The van der Waals surface area contributed by atoms with E-state index < -0.39 is 31.7 Å². The quantitative estimate of drug-likeness (QED) is 0.0441.